The molecule has 0 bridgehead atoms. The van der Waals surface area contributed by atoms with E-state index in [9.17, 15) is 14.4 Å². The van der Waals surface area contributed by atoms with Gasteiger partial charge in [0.15, 0.2) is 0 Å². The number of hydrogen-bond acceptors (Lipinski definition) is 4. The molecule has 0 radical (unpaired) electrons. The highest BCUT2D eigenvalue weighted by Gasteiger charge is 2.47. The van der Waals surface area contributed by atoms with Crippen LogP contribution in [0, 0.1) is 0 Å². The molecule has 1 saturated heterocycles. The molecule has 0 aromatic heterocycles. The van der Waals surface area contributed by atoms with Crippen LogP contribution in [0.25, 0.3) is 0 Å². The van der Waals surface area contributed by atoms with Crippen LogP contribution in [0.2, 0.25) is 0 Å². The summed E-state index contributed by atoms with van der Waals surface area (Å²) in [5.74, 6) is 0.256. The molecule has 3 aromatic carbocycles. The van der Waals surface area contributed by atoms with Gasteiger partial charge in [0.25, 0.3) is 11.8 Å². The van der Waals surface area contributed by atoms with Gasteiger partial charge in [-0.1, -0.05) is 37.6 Å². The van der Waals surface area contributed by atoms with Gasteiger partial charge in [-0.05, 0) is 66.1 Å². The van der Waals surface area contributed by atoms with Crippen molar-refractivity contribution in [2.75, 3.05) is 16.8 Å². The lowest BCUT2D eigenvalue weighted by atomic mass is 9.95. The number of fused-ring (bicyclic) bond motifs is 2. The summed E-state index contributed by atoms with van der Waals surface area (Å²) in [5, 5.41) is 2.86. The quantitative estimate of drug-likeness (QED) is 0.390. The van der Waals surface area contributed by atoms with Crippen molar-refractivity contribution in [2.45, 2.75) is 38.8 Å². The van der Waals surface area contributed by atoms with Crippen LogP contribution >= 0.6 is 0 Å². The molecule has 1 atom stereocenters. The number of imide groups is 1. The van der Waals surface area contributed by atoms with E-state index >= 15 is 0 Å². The van der Waals surface area contributed by atoms with E-state index in [1.165, 1.54) is 4.90 Å². The standard InChI is InChI=1S/C28H27N3O4/c1-2-3-16-35-24-14-10-22(11-15-24)29-26(32)19-8-12-23(13-9-19)31-27(33)25-17-20-6-4-5-7-21(20)18-30(25)28(31)34/h4-15,25H,2-3,16-18H2,1H3,(H,29,32). The molecule has 2 aliphatic heterocycles. The zero-order valence-corrected chi connectivity index (χ0v) is 19.6. The summed E-state index contributed by atoms with van der Waals surface area (Å²) >= 11 is 0. The summed E-state index contributed by atoms with van der Waals surface area (Å²) in [6.07, 6.45) is 2.58. The molecule has 0 aliphatic carbocycles. The van der Waals surface area contributed by atoms with Crippen LogP contribution in [0.15, 0.2) is 72.8 Å². The first-order chi connectivity index (χ1) is 17.0. The fourth-order valence-corrected chi connectivity index (χ4v) is 4.49. The Morgan fingerprint density at radius 3 is 2.40 bits per heavy atom. The molecule has 5 rings (SSSR count). The van der Waals surface area contributed by atoms with Crippen molar-refractivity contribution in [1.29, 1.82) is 0 Å². The molecule has 35 heavy (non-hydrogen) atoms. The average molecular weight is 470 g/mol. The Hall–Kier alpha value is -4.13. The average Bonchev–Trinajstić information content (AvgIpc) is 3.13. The Balaban J connectivity index is 1.25. The largest absolute Gasteiger partial charge is 0.494 e. The number of carbonyl (C=O) groups is 3. The fourth-order valence-electron chi connectivity index (χ4n) is 4.49. The number of hydrogen-bond donors (Lipinski definition) is 1. The number of nitrogens with zero attached hydrogens (tertiary/aromatic N) is 2. The van der Waals surface area contributed by atoms with E-state index in [1.807, 2.05) is 36.4 Å². The van der Waals surface area contributed by atoms with Gasteiger partial charge in [-0.3, -0.25) is 9.59 Å². The van der Waals surface area contributed by atoms with E-state index in [-0.39, 0.29) is 17.8 Å². The van der Waals surface area contributed by atoms with Crippen LogP contribution in [-0.2, 0) is 17.8 Å². The Bertz CT molecular complexity index is 1210. The Morgan fingerprint density at radius 1 is 0.971 bits per heavy atom. The van der Waals surface area contributed by atoms with E-state index in [0.29, 0.717) is 36.5 Å². The normalized spacial score (nSPS) is 16.7. The smallest absolute Gasteiger partial charge is 0.332 e. The molecule has 7 nitrogen and oxygen atoms in total. The first kappa shape index (κ1) is 22.7. The fraction of sp³-hybridized carbons (Fsp3) is 0.250. The summed E-state index contributed by atoms with van der Waals surface area (Å²) in [6, 6.07) is 20.8. The molecule has 2 heterocycles. The minimum absolute atomic E-state index is 0.233. The topological polar surface area (TPSA) is 79.0 Å². The molecule has 7 heteroatoms. The van der Waals surface area contributed by atoms with Crippen molar-refractivity contribution in [2.24, 2.45) is 0 Å². The zero-order chi connectivity index (χ0) is 24.4. The van der Waals surface area contributed by atoms with Gasteiger partial charge in [0.1, 0.15) is 11.8 Å². The lowest BCUT2D eigenvalue weighted by Crippen LogP contribution is -2.39. The molecule has 178 valence electrons. The maximum atomic E-state index is 13.1. The highest BCUT2D eigenvalue weighted by Crippen LogP contribution is 2.33. The number of carbonyl (C=O) groups excluding carboxylic acids is 3. The molecule has 0 spiro atoms. The molecule has 1 fully saturated rings. The van der Waals surface area contributed by atoms with E-state index in [0.717, 1.165) is 29.7 Å². The van der Waals surface area contributed by atoms with Gasteiger partial charge in [0.2, 0.25) is 0 Å². The Kier molecular flexibility index (Phi) is 6.23. The second kappa shape index (κ2) is 9.62. The Morgan fingerprint density at radius 2 is 1.69 bits per heavy atom. The maximum Gasteiger partial charge on any atom is 0.332 e. The third-order valence-electron chi connectivity index (χ3n) is 6.46. The second-order valence-corrected chi connectivity index (χ2v) is 8.80. The highest BCUT2D eigenvalue weighted by atomic mass is 16.5. The van der Waals surface area contributed by atoms with Crippen molar-refractivity contribution in [1.82, 2.24) is 4.90 Å². The van der Waals surface area contributed by atoms with Gasteiger partial charge in [-0.15, -0.1) is 0 Å². The predicted octanol–water partition coefficient (Wildman–Crippen LogP) is 5.01. The van der Waals surface area contributed by atoms with Crippen molar-refractivity contribution in [3.05, 3.63) is 89.5 Å². The number of ether oxygens (including phenoxy) is 1. The molecule has 1 N–H and O–H groups in total. The van der Waals surface area contributed by atoms with Crippen LogP contribution in [0.1, 0.15) is 41.3 Å². The van der Waals surface area contributed by atoms with E-state index in [4.69, 9.17) is 4.74 Å². The van der Waals surface area contributed by atoms with E-state index in [2.05, 4.69) is 12.2 Å². The number of urea groups is 1. The summed E-state index contributed by atoms with van der Waals surface area (Å²) in [7, 11) is 0. The first-order valence-electron chi connectivity index (χ1n) is 11.9. The highest BCUT2D eigenvalue weighted by molar-refractivity contribution is 6.21. The second-order valence-electron chi connectivity index (χ2n) is 8.80. The van der Waals surface area contributed by atoms with Crippen molar-refractivity contribution in [3.8, 4) is 5.75 Å². The molecular formula is C28H27N3O4. The van der Waals surface area contributed by atoms with Crippen LogP contribution in [0.3, 0.4) is 0 Å². The molecule has 2 aliphatic rings. The van der Waals surface area contributed by atoms with Crippen molar-refractivity contribution < 1.29 is 19.1 Å². The van der Waals surface area contributed by atoms with Crippen molar-refractivity contribution >= 4 is 29.2 Å². The summed E-state index contributed by atoms with van der Waals surface area (Å²) < 4.78 is 5.65. The van der Waals surface area contributed by atoms with E-state index in [1.54, 1.807) is 41.3 Å². The van der Waals surface area contributed by atoms with Gasteiger partial charge in [-0.25, -0.2) is 9.69 Å². The third kappa shape index (κ3) is 4.49. The molecule has 0 saturated carbocycles. The van der Waals surface area contributed by atoms with Gasteiger partial charge >= 0.3 is 6.03 Å². The molecule has 3 aromatic rings. The maximum absolute atomic E-state index is 13.1. The molecular weight excluding hydrogens is 442 g/mol. The van der Waals surface area contributed by atoms with E-state index < -0.39 is 6.04 Å². The zero-order valence-electron chi connectivity index (χ0n) is 19.6. The lowest BCUT2D eigenvalue weighted by molar-refractivity contribution is -0.120. The van der Waals surface area contributed by atoms with Gasteiger partial charge < -0.3 is 15.0 Å². The van der Waals surface area contributed by atoms with Gasteiger partial charge in [0.05, 0.1) is 12.3 Å². The SMILES string of the molecule is CCCCOc1ccc(NC(=O)c2ccc(N3C(=O)C4Cc5ccccc5CN4C3=O)cc2)cc1. The molecule has 4 amide bonds. The third-order valence-corrected chi connectivity index (χ3v) is 6.46. The van der Waals surface area contributed by atoms with Crippen LogP contribution < -0.4 is 15.0 Å². The van der Waals surface area contributed by atoms with Crippen LogP contribution in [0.5, 0.6) is 5.75 Å². The number of nitrogens with one attached hydrogen (secondary N) is 1. The number of unbranched alkanes of at least 4 members (excludes halogenated alkanes) is 1. The monoisotopic (exact) mass is 469 g/mol. The van der Waals surface area contributed by atoms with Crippen molar-refractivity contribution in [3.63, 3.8) is 0 Å². The minimum atomic E-state index is -0.491. The summed E-state index contributed by atoms with van der Waals surface area (Å²) in [6.45, 7) is 3.20. The van der Waals surface area contributed by atoms with Crippen LogP contribution in [-0.4, -0.2) is 35.4 Å². The lowest BCUT2D eigenvalue weighted by Gasteiger charge is -2.28. The van der Waals surface area contributed by atoms with Gasteiger partial charge in [-0.2, -0.15) is 0 Å². The summed E-state index contributed by atoms with van der Waals surface area (Å²) in [5.41, 5.74) is 3.72. The molecule has 1 unspecified atom stereocenters. The number of benzene rings is 3. The number of rotatable bonds is 7. The van der Waals surface area contributed by atoms with Crippen LogP contribution in [0.4, 0.5) is 16.2 Å². The summed E-state index contributed by atoms with van der Waals surface area (Å²) in [4.78, 5) is 41.7. The predicted molar refractivity (Wildman–Crippen MR) is 134 cm³/mol. The number of amides is 4. The number of anilines is 2. The Labute approximate surface area is 204 Å². The van der Waals surface area contributed by atoms with Gasteiger partial charge in [0, 0.05) is 24.2 Å². The minimum Gasteiger partial charge on any atom is -0.494 e. The first-order valence-corrected chi connectivity index (χ1v) is 11.9.